The first-order valence-electron chi connectivity index (χ1n) is 11.1. The molecule has 0 saturated heterocycles. The molecule has 0 aliphatic carbocycles. The van der Waals surface area contributed by atoms with Crippen LogP contribution < -0.4 is 4.74 Å². The Morgan fingerprint density at radius 2 is 1.94 bits per heavy atom. The molecule has 0 amide bonds. The molecule has 0 spiro atoms. The van der Waals surface area contributed by atoms with E-state index in [-0.39, 0.29) is 12.1 Å². The van der Waals surface area contributed by atoms with E-state index in [1.54, 1.807) is 17.8 Å². The average molecular weight is 469 g/mol. The molecular weight excluding hydrogens is 442 g/mol. The van der Waals surface area contributed by atoms with Gasteiger partial charge < -0.3 is 9.84 Å². The molecule has 8 nitrogen and oxygen atoms in total. The number of benzene rings is 2. The fraction of sp³-hybridized carbons (Fsp3) is 0.333. The van der Waals surface area contributed by atoms with Crippen LogP contribution in [-0.4, -0.2) is 41.5 Å². The van der Waals surface area contributed by atoms with E-state index in [4.69, 9.17) is 4.74 Å². The monoisotopic (exact) mass is 468 g/mol. The molecule has 2 aromatic heterocycles. The molecule has 178 valence electrons. The van der Waals surface area contributed by atoms with E-state index in [0.717, 1.165) is 36.4 Å². The topological polar surface area (TPSA) is 90.9 Å². The van der Waals surface area contributed by atoms with Gasteiger partial charge in [-0.1, -0.05) is 31.5 Å². The number of hydrogen-bond acceptors (Lipinski definition) is 6. The molecule has 2 atom stereocenters. The molecule has 0 aliphatic heterocycles. The lowest BCUT2D eigenvalue weighted by Crippen LogP contribution is -2.38. The van der Waals surface area contributed by atoms with Gasteiger partial charge >= 0.3 is 0 Å². The van der Waals surface area contributed by atoms with Crippen molar-refractivity contribution in [1.82, 2.24) is 29.8 Å². The number of rotatable bonds is 10. The number of aromatic nitrogens is 6. The zero-order valence-corrected chi connectivity index (χ0v) is 19.0. The number of aliphatic hydroxyl groups is 1. The molecule has 0 bridgehead atoms. The number of hydrogen-bond donors (Lipinski definition) is 1. The van der Waals surface area contributed by atoms with Crippen LogP contribution in [0, 0.1) is 11.6 Å². The summed E-state index contributed by atoms with van der Waals surface area (Å²) in [5.41, 5.74) is -0.695. The molecule has 4 rings (SSSR count). The molecule has 0 unspecified atom stereocenters. The van der Waals surface area contributed by atoms with Crippen molar-refractivity contribution in [2.24, 2.45) is 0 Å². The second-order valence-electron chi connectivity index (χ2n) is 8.15. The third-order valence-electron chi connectivity index (χ3n) is 5.81. The summed E-state index contributed by atoms with van der Waals surface area (Å²) >= 11 is 0. The molecule has 10 heteroatoms. The standard InChI is InChI=1S/C24H26F2N6O2/c1-3-4-11-34-20-8-6-19(7-9-20)32-13-23(29-30-32)17(2)24(33,14-31-16-27-15-28-31)21-10-5-18(25)12-22(21)26/h5-10,12-13,15-17,33H,3-4,11,14H2,1-2H3/t17-,24+/m0/s1. The smallest absolute Gasteiger partial charge is 0.137 e. The van der Waals surface area contributed by atoms with Crippen molar-refractivity contribution >= 4 is 0 Å². The molecule has 0 radical (unpaired) electrons. The summed E-state index contributed by atoms with van der Waals surface area (Å²) in [5.74, 6) is -1.55. The van der Waals surface area contributed by atoms with Gasteiger partial charge in [0.15, 0.2) is 0 Å². The van der Waals surface area contributed by atoms with Crippen LogP contribution in [0.25, 0.3) is 5.69 Å². The Kier molecular flexibility index (Phi) is 6.97. The van der Waals surface area contributed by atoms with Gasteiger partial charge in [0.25, 0.3) is 0 Å². The van der Waals surface area contributed by atoms with E-state index in [1.165, 1.54) is 23.4 Å². The van der Waals surface area contributed by atoms with Gasteiger partial charge in [0.05, 0.1) is 30.7 Å². The third-order valence-corrected chi connectivity index (χ3v) is 5.81. The lowest BCUT2D eigenvalue weighted by atomic mass is 9.80. The van der Waals surface area contributed by atoms with Crippen molar-refractivity contribution in [2.75, 3.05) is 6.61 Å². The maximum atomic E-state index is 14.8. The summed E-state index contributed by atoms with van der Waals surface area (Å²) in [7, 11) is 0. The molecule has 2 heterocycles. The summed E-state index contributed by atoms with van der Waals surface area (Å²) in [4.78, 5) is 3.89. The number of ether oxygens (including phenoxy) is 1. The van der Waals surface area contributed by atoms with E-state index in [1.807, 2.05) is 24.3 Å². The van der Waals surface area contributed by atoms with Crippen LogP contribution in [0.4, 0.5) is 8.78 Å². The predicted octanol–water partition coefficient (Wildman–Crippen LogP) is 4.01. The SMILES string of the molecule is CCCCOc1ccc(-n2cc([C@H](C)[C@](O)(Cn3cncn3)c3ccc(F)cc3F)nn2)cc1. The maximum absolute atomic E-state index is 14.8. The molecule has 2 aromatic carbocycles. The van der Waals surface area contributed by atoms with Gasteiger partial charge in [-0.25, -0.2) is 23.1 Å². The quantitative estimate of drug-likeness (QED) is 0.354. The van der Waals surface area contributed by atoms with Gasteiger partial charge in [-0.3, -0.25) is 0 Å². The molecule has 0 fully saturated rings. The van der Waals surface area contributed by atoms with Crippen LogP contribution >= 0.6 is 0 Å². The first-order chi connectivity index (χ1) is 16.4. The molecule has 4 aromatic rings. The fourth-order valence-corrected chi connectivity index (χ4v) is 3.73. The minimum atomic E-state index is -1.80. The average Bonchev–Trinajstić information content (AvgIpc) is 3.51. The highest BCUT2D eigenvalue weighted by Gasteiger charge is 2.41. The maximum Gasteiger partial charge on any atom is 0.137 e. The molecule has 34 heavy (non-hydrogen) atoms. The minimum Gasteiger partial charge on any atom is -0.494 e. The van der Waals surface area contributed by atoms with E-state index in [0.29, 0.717) is 12.3 Å². The van der Waals surface area contributed by atoms with E-state index in [9.17, 15) is 13.9 Å². The van der Waals surface area contributed by atoms with E-state index < -0.39 is 23.2 Å². The molecule has 0 aliphatic rings. The largest absolute Gasteiger partial charge is 0.494 e. The third kappa shape index (κ3) is 4.96. The van der Waals surface area contributed by atoms with Crippen molar-refractivity contribution in [3.63, 3.8) is 0 Å². The van der Waals surface area contributed by atoms with Crippen LogP contribution in [0.3, 0.4) is 0 Å². The highest BCUT2D eigenvalue weighted by molar-refractivity contribution is 5.37. The highest BCUT2D eigenvalue weighted by atomic mass is 19.1. The highest BCUT2D eigenvalue weighted by Crippen LogP contribution is 2.39. The van der Waals surface area contributed by atoms with Gasteiger partial charge in [-0.05, 0) is 36.8 Å². The molecular formula is C24H26F2N6O2. The van der Waals surface area contributed by atoms with Crippen LogP contribution in [-0.2, 0) is 12.1 Å². The Labute approximate surface area is 195 Å². The lowest BCUT2D eigenvalue weighted by molar-refractivity contribution is -0.0123. The normalized spacial score (nSPS) is 14.0. The van der Waals surface area contributed by atoms with Crippen molar-refractivity contribution in [2.45, 2.75) is 44.8 Å². The van der Waals surface area contributed by atoms with Crippen LogP contribution in [0.2, 0.25) is 0 Å². The molecule has 1 N–H and O–H groups in total. The lowest BCUT2D eigenvalue weighted by Gasteiger charge is -2.33. The van der Waals surface area contributed by atoms with Crippen LogP contribution in [0.1, 0.15) is 43.9 Å². The van der Waals surface area contributed by atoms with Crippen LogP contribution in [0.15, 0.2) is 61.3 Å². The summed E-state index contributed by atoms with van der Waals surface area (Å²) in [6.45, 7) is 4.35. The second-order valence-corrected chi connectivity index (χ2v) is 8.15. The Bertz CT molecular complexity index is 1210. The van der Waals surface area contributed by atoms with Gasteiger partial charge in [0.2, 0.25) is 0 Å². The predicted molar refractivity (Wildman–Crippen MR) is 120 cm³/mol. The first-order valence-corrected chi connectivity index (χ1v) is 11.1. The molecule has 0 saturated carbocycles. The number of halogens is 2. The van der Waals surface area contributed by atoms with Crippen molar-refractivity contribution in [3.8, 4) is 11.4 Å². The van der Waals surface area contributed by atoms with E-state index in [2.05, 4.69) is 27.3 Å². The Morgan fingerprint density at radius 1 is 1.15 bits per heavy atom. The Morgan fingerprint density at radius 3 is 2.62 bits per heavy atom. The van der Waals surface area contributed by atoms with Gasteiger partial charge in [0.1, 0.15) is 35.6 Å². The minimum absolute atomic E-state index is 0.0694. The van der Waals surface area contributed by atoms with Gasteiger partial charge in [0, 0.05) is 17.5 Å². The summed E-state index contributed by atoms with van der Waals surface area (Å²) in [6.07, 6.45) is 6.45. The van der Waals surface area contributed by atoms with Crippen LogP contribution in [0.5, 0.6) is 5.75 Å². The van der Waals surface area contributed by atoms with Crippen molar-refractivity contribution in [1.29, 1.82) is 0 Å². The fourth-order valence-electron chi connectivity index (χ4n) is 3.73. The summed E-state index contributed by atoms with van der Waals surface area (Å²) < 4.78 is 37.0. The summed E-state index contributed by atoms with van der Waals surface area (Å²) in [5, 5.41) is 24.2. The number of nitrogens with zero attached hydrogens (tertiary/aromatic N) is 6. The van der Waals surface area contributed by atoms with Crippen molar-refractivity contribution in [3.05, 3.63) is 84.2 Å². The van der Waals surface area contributed by atoms with Gasteiger partial charge in [-0.15, -0.1) is 5.10 Å². The first kappa shape index (κ1) is 23.5. The second kappa shape index (κ2) is 10.1. The zero-order valence-electron chi connectivity index (χ0n) is 19.0. The Balaban J connectivity index is 1.62. The number of unbranched alkanes of at least 4 members (excludes halogenated alkanes) is 1. The summed E-state index contributed by atoms with van der Waals surface area (Å²) in [6, 6.07) is 10.5. The van der Waals surface area contributed by atoms with E-state index >= 15 is 0 Å². The van der Waals surface area contributed by atoms with Gasteiger partial charge in [-0.2, -0.15) is 5.10 Å². The Hall–Kier alpha value is -3.66. The van der Waals surface area contributed by atoms with Crippen molar-refractivity contribution < 1.29 is 18.6 Å². The zero-order chi connectivity index (χ0) is 24.1.